The summed E-state index contributed by atoms with van der Waals surface area (Å²) < 4.78 is 0. The normalized spacial score (nSPS) is 18.9. The first-order valence-electron chi connectivity index (χ1n) is 9.27. The van der Waals surface area contributed by atoms with Crippen molar-refractivity contribution in [3.63, 3.8) is 0 Å². The van der Waals surface area contributed by atoms with E-state index in [4.69, 9.17) is 4.84 Å². The minimum atomic E-state index is -0.117. The van der Waals surface area contributed by atoms with Crippen molar-refractivity contribution >= 4 is 34.5 Å². The van der Waals surface area contributed by atoms with E-state index in [0.29, 0.717) is 5.92 Å². The summed E-state index contributed by atoms with van der Waals surface area (Å²) in [4.78, 5) is 7.88. The number of hydrogen-bond acceptors (Lipinski definition) is 5. The number of nitrogens with zero attached hydrogens (tertiary/aromatic N) is 2. The molecule has 0 amide bonds. The summed E-state index contributed by atoms with van der Waals surface area (Å²) in [6.07, 6.45) is 9.08. The van der Waals surface area contributed by atoms with Crippen LogP contribution in [0.25, 0.3) is 6.08 Å². The average Bonchev–Trinajstić information content (AvgIpc) is 3.40. The molecule has 1 saturated carbocycles. The Kier molecular flexibility index (Phi) is 4.25. The van der Waals surface area contributed by atoms with Crippen LogP contribution in [0.1, 0.15) is 46.0 Å². The van der Waals surface area contributed by atoms with Crippen LogP contribution >= 0.6 is 22.7 Å². The molecule has 0 aliphatic heterocycles. The van der Waals surface area contributed by atoms with Gasteiger partial charge in [0.25, 0.3) is 0 Å². The lowest BCUT2D eigenvalue weighted by atomic mass is 9.74. The molecule has 6 heteroatoms. The number of allylic oxidation sites excluding steroid dienone is 1. The van der Waals surface area contributed by atoms with Gasteiger partial charge in [0.1, 0.15) is 18.5 Å². The number of H-pyrrole nitrogens is 1. The van der Waals surface area contributed by atoms with Gasteiger partial charge in [-0.25, -0.2) is 0 Å². The molecule has 0 unspecified atom stereocenters. The van der Waals surface area contributed by atoms with Crippen LogP contribution in [0.2, 0.25) is 0 Å². The van der Waals surface area contributed by atoms with Crippen molar-refractivity contribution in [2.24, 2.45) is 11.1 Å². The molecule has 0 atom stereocenters. The van der Waals surface area contributed by atoms with E-state index < -0.39 is 0 Å². The Morgan fingerprint density at radius 3 is 2.52 bits per heavy atom. The van der Waals surface area contributed by atoms with Crippen molar-refractivity contribution in [2.45, 2.75) is 31.1 Å². The van der Waals surface area contributed by atoms with Gasteiger partial charge >= 0.3 is 0 Å². The third kappa shape index (κ3) is 2.70. The third-order valence-corrected chi connectivity index (χ3v) is 7.81. The molecule has 0 saturated heterocycles. The largest absolute Gasteiger partial charge is 0.399 e. The molecule has 4 nitrogen and oxygen atoms in total. The van der Waals surface area contributed by atoms with Gasteiger partial charge in [-0.2, -0.15) is 5.10 Å². The van der Waals surface area contributed by atoms with Gasteiger partial charge in [0, 0.05) is 33.4 Å². The highest BCUT2D eigenvalue weighted by Gasteiger charge is 2.39. The highest BCUT2D eigenvalue weighted by atomic mass is 32.1. The van der Waals surface area contributed by atoms with E-state index >= 15 is 0 Å². The SMILES string of the molecule is CO/N=C(/c1n[nH]c2c1C=CC(c1cccs1)(c1cccs1)C2)C1CCC1. The predicted molar refractivity (Wildman–Crippen MR) is 112 cm³/mol. The maximum Gasteiger partial charge on any atom is 0.117 e. The minimum absolute atomic E-state index is 0.117. The Hall–Kier alpha value is -2.18. The van der Waals surface area contributed by atoms with E-state index in [2.05, 4.69) is 62.5 Å². The van der Waals surface area contributed by atoms with E-state index in [1.807, 2.05) is 22.7 Å². The number of aromatic nitrogens is 2. The molecule has 1 N–H and O–H groups in total. The van der Waals surface area contributed by atoms with Gasteiger partial charge in [0.2, 0.25) is 0 Å². The van der Waals surface area contributed by atoms with Crippen LogP contribution in [0.15, 0.2) is 46.3 Å². The lowest BCUT2D eigenvalue weighted by Gasteiger charge is -2.32. The molecule has 3 aromatic heterocycles. The van der Waals surface area contributed by atoms with Crippen molar-refractivity contribution in [1.82, 2.24) is 10.2 Å². The van der Waals surface area contributed by atoms with Crippen molar-refractivity contribution < 1.29 is 4.84 Å². The molecule has 2 aliphatic rings. The fourth-order valence-corrected chi connectivity index (χ4v) is 5.98. The summed E-state index contributed by atoms with van der Waals surface area (Å²) >= 11 is 3.63. The molecule has 3 aromatic rings. The molecule has 0 spiro atoms. The Morgan fingerprint density at radius 1 is 1.22 bits per heavy atom. The maximum atomic E-state index is 5.15. The van der Waals surface area contributed by atoms with Crippen LogP contribution in [0.3, 0.4) is 0 Å². The number of oxime groups is 1. The zero-order valence-electron chi connectivity index (χ0n) is 15.1. The summed E-state index contributed by atoms with van der Waals surface area (Å²) in [7, 11) is 1.62. The van der Waals surface area contributed by atoms with Gasteiger partial charge in [-0.15, -0.1) is 22.7 Å². The fraction of sp³-hybridized carbons (Fsp3) is 0.333. The van der Waals surface area contributed by atoms with Crippen molar-refractivity contribution in [2.75, 3.05) is 7.11 Å². The zero-order chi connectivity index (χ0) is 18.3. The van der Waals surface area contributed by atoms with Gasteiger partial charge in [0.15, 0.2) is 0 Å². The smallest absolute Gasteiger partial charge is 0.117 e. The summed E-state index contributed by atoms with van der Waals surface area (Å²) in [5.74, 6) is 0.465. The van der Waals surface area contributed by atoms with Gasteiger partial charge in [-0.3, -0.25) is 5.10 Å². The number of fused-ring (bicyclic) bond motifs is 1. The Bertz CT molecular complexity index is 945. The molecule has 27 heavy (non-hydrogen) atoms. The second kappa shape index (κ2) is 6.77. The first-order chi connectivity index (χ1) is 13.3. The van der Waals surface area contributed by atoms with E-state index in [0.717, 1.165) is 17.8 Å². The third-order valence-electron chi connectivity index (χ3n) is 5.72. The van der Waals surface area contributed by atoms with Gasteiger partial charge < -0.3 is 4.84 Å². The number of nitrogens with one attached hydrogen (secondary N) is 1. The molecule has 0 radical (unpaired) electrons. The number of rotatable bonds is 5. The van der Waals surface area contributed by atoms with Crippen LogP contribution in [0.4, 0.5) is 0 Å². The molecule has 1 fully saturated rings. The van der Waals surface area contributed by atoms with E-state index in [-0.39, 0.29) is 5.41 Å². The first kappa shape index (κ1) is 17.0. The van der Waals surface area contributed by atoms with Gasteiger partial charge in [0.05, 0.1) is 5.41 Å². The van der Waals surface area contributed by atoms with E-state index in [9.17, 15) is 0 Å². The Morgan fingerprint density at radius 2 is 1.96 bits per heavy atom. The second-order valence-corrected chi connectivity index (χ2v) is 9.08. The average molecular weight is 396 g/mol. The maximum absolute atomic E-state index is 5.15. The molecule has 3 heterocycles. The molecular weight excluding hydrogens is 374 g/mol. The second-order valence-electron chi connectivity index (χ2n) is 7.19. The Balaban J connectivity index is 1.59. The topological polar surface area (TPSA) is 50.3 Å². The number of thiophene rings is 2. The highest BCUT2D eigenvalue weighted by molar-refractivity contribution is 7.11. The quantitative estimate of drug-likeness (QED) is 0.474. The monoisotopic (exact) mass is 395 g/mol. The molecular formula is C21H21N3OS2. The van der Waals surface area contributed by atoms with Crippen molar-refractivity contribution in [3.8, 4) is 0 Å². The van der Waals surface area contributed by atoms with E-state index in [1.54, 1.807) is 7.11 Å². The van der Waals surface area contributed by atoms with Crippen molar-refractivity contribution in [1.29, 1.82) is 0 Å². The van der Waals surface area contributed by atoms with Crippen LogP contribution in [0, 0.1) is 5.92 Å². The van der Waals surface area contributed by atoms with Crippen LogP contribution in [0.5, 0.6) is 0 Å². The molecule has 0 aromatic carbocycles. The number of aromatic amines is 1. The van der Waals surface area contributed by atoms with Crippen LogP contribution in [-0.4, -0.2) is 23.0 Å². The van der Waals surface area contributed by atoms with Gasteiger partial charge in [-0.05, 0) is 35.7 Å². The van der Waals surface area contributed by atoms with E-state index in [1.165, 1.54) is 40.3 Å². The fourth-order valence-electron chi connectivity index (χ4n) is 4.08. The lowest BCUT2D eigenvalue weighted by Crippen LogP contribution is -2.29. The van der Waals surface area contributed by atoms with Crippen LogP contribution < -0.4 is 0 Å². The first-order valence-corrected chi connectivity index (χ1v) is 11.0. The van der Waals surface area contributed by atoms with Gasteiger partial charge in [-0.1, -0.05) is 35.9 Å². The summed E-state index contributed by atoms with van der Waals surface area (Å²) in [6.45, 7) is 0. The summed E-state index contributed by atoms with van der Waals surface area (Å²) in [6, 6.07) is 8.75. The number of hydrogen-bond donors (Lipinski definition) is 1. The Labute approximate surface area is 166 Å². The summed E-state index contributed by atoms with van der Waals surface area (Å²) in [5, 5.41) is 16.6. The predicted octanol–water partition coefficient (Wildman–Crippen LogP) is 5.24. The molecule has 2 aliphatic carbocycles. The lowest BCUT2D eigenvalue weighted by molar-refractivity contribution is 0.208. The molecule has 0 bridgehead atoms. The standard InChI is InChI=1S/C21H21N3OS2/c1-25-24-19(14-5-2-6-14)20-15-9-10-21(13-16(15)22-23-20,17-7-3-11-26-17)18-8-4-12-27-18/h3-4,7-12,14H,2,5-6,13H2,1H3,(H,22,23)/b24-19+. The molecule has 5 rings (SSSR count). The zero-order valence-corrected chi connectivity index (χ0v) is 16.8. The highest BCUT2D eigenvalue weighted by Crippen LogP contribution is 2.45. The van der Waals surface area contributed by atoms with Crippen molar-refractivity contribution in [3.05, 3.63) is 67.8 Å². The summed E-state index contributed by atoms with van der Waals surface area (Å²) in [5.41, 5.74) is 4.18. The van der Waals surface area contributed by atoms with Crippen LogP contribution in [-0.2, 0) is 16.7 Å². The molecule has 138 valence electrons. The minimum Gasteiger partial charge on any atom is -0.399 e.